The lowest BCUT2D eigenvalue weighted by molar-refractivity contribution is -0.112. The van der Waals surface area contributed by atoms with E-state index in [1.165, 1.54) is 48.5 Å². The van der Waals surface area contributed by atoms with Gasteiger partial charge in [0.25, 0.3) is 5.91 Å². The van der Waals surface area contributed by atoms with Crippen LogP contribution in [0.4, 0.5) is 5.69 Å². The van der Waals surface area contributed by atoms with Gasteiger partial charge in [-0.15, -0.1) is 0 Å². The highest BCUT2D eigenvalue weighted by atomic mass is 35.5. The van der Waals surface area contributed by atoms with E-state index in [9.17, 15) is 20.0 Å². The topological polar surface area (TPSA) is 129 Å². The number of carbonyl (C=O) groups is 2. The molecule has 0 saturated heterocycles. The second-order valence-electron chi connectivity index (χ2n) is 7.23. The number of carbonyl (C=O) groups excluding carboxylic acids is 1. The second-order valence-corrected chi connectivity index (χ2v) is 7.64. The number of nitriles is 1. The molecule has 0 heterocycles. The lowest BCUT2D eigenvalue weighted by atomic mass is 10.1. The molecule has 3 aromatic carbocycles. The van der Waals surface area contributed by atoms with Crippen LogP contribution in [0.3, 0.4) is 0 Å². The van der Waals surface area contributed by atoms with Crippen molar-refractivity contribution < 1.29 is 29.3 Å². The number of hydrogen-bond acceptors (Lipinski definition) is 6. The number of benzene rings is 3. The quantitative estimate of drug-likeness (QED) is 0.211. The SMILES string of the molecule is CCOc1cc(C=C(C#N)C(=O)Nc2ccc(O)cc2)cc(Cl)c1OCc1cccc(C(=O)O)c1. The number of ether oxygens (including phenoxy) is 2. The maximum atomic E-state index is 12.5. The van der Waals surface area contributed by atoms with Gasteiger partial charge in [-0.25, -0.2) is 4.79 Å². The van der Waals surface area contributed by atoms with Gasteiger partial charge in [0.1, 0.15) is 24.0 Å². The van der Waals surface area contributed by atoms with Crippen LogP contribution in [0.25, 0.3) is 6.08 Å². The first-order valence-electron chi connectivity index (χ1n) is 10.4. The molecule has 0 aromatic heterocycles. The normalized spacial score (nSPS) is 10.8. The third-order valence-corrected chi connectivity index (χ3v) is 4.97. The first-order valence-corrected chi connectivity index (χ1v) is 10.8. The fourth-order valence-electron chi connectivity index (χ4n) is 3.08. The molecule has 9 heteroatoms. The van der Waals surface area contributed by atoms with Crippen molar-refractivity contribution in [2.45, 2.75) is 13.5 Å². The summed E-state index contributed by atoms with van der Waals surface area (Å²) >= 11 is 6.43. The summed E-state index contributed by atoms with van der Waals surface area (Å²) in [5.41, 5.74) is 1.45. The van der Waals surface area contributed by atoms with Crippen molar-refractivity contribution >= 4 is 35.2 Å². The van der Waals surface area contributed by atoms with E-state index >= 15 is 0 Å². The Hall–Kier alpha value is -4.48. The number of carboxylic acid groups (broad SMARTS) is 1. The molecule has 0 aliphatic carbocycles. The standard InChI is InChI=1S/C26H21ClN2O6/c1-2-34-23-13-17(11-19(14-28)25(31)29-20-6-8-21(30)9-7-20)12-22(27)24(23)35-15-16-4-3-5-18(10-16)26(32)33/h3-13,30H,2,15H2,1H3,(H,29,31)(H,32,33). The first-order chi connectivity index (χ1) is 16.8. The maximum absolute atomic E-state index is 12.5. The van der Waals surface area contributed by atoms with Gasteiger partial charge in [-0.05, 0) is 72.7 Å². The first kappa shape index (κ1) is 25.1. The molecular weight excluding hydrogens is 472 g/mol. The summed E-state index contributed by atoms with van der Waals surface area (Å²) in [6.45, 7) is 2.14. The molecule has 0 unspecified atom stereocenters. The molecule has 0 saturated carbocycles. The van der Waals surface area contributed by atoms with Gasteiger partial charge in [-0.2, -0.15) is 5.26 Å². The molecule has 35 heavy (non-hydrogen) atoms. The van der Waals surface area contributed by atoms with Crippen molar-refractivity contribution in [2.75, 3.05) is 11.9 Å². The van der Waals surface area contributed by atoms with Gasteiger partial charge in [0.05, 0.1) is 17.2 Å². The molecule has 178 valence electrons. The fraction of sp³-hybridized carbons (Fsp3) is 0.115. The minimum absolute atomic E-state index is 0.0500. The molecular formula is C26H21ClN2O6. The number of anilines is 1. The number of amides is 1. The van der Waals surface area contributed by atoms with Gasteiger partial charge in [-0.1, -0.05) is 23.7 Å². The molecule has 0 fully saturated rings. The fourth-order valence-corrected chi connectivity index (χ4v) is 3.36. The average Bonchev–Trinajstić information content (AvgIpc) is 2.83. The summed E-state index contributed by atoms with van der Waals surface area (Å²) in [5, 5.41) is 30.8. The third kappa shape index (κ3) is 6.76. The van der Waals surface area contributed by atoms with Crippen LogP contribution in [0, 0.1) is 11.3 Å². The molecule has 3 rings (SSSR count). The molecule has 0 atom stereocenters. The Balaban J connectivity index is 1.84. The number of nitrogens with one attached hydrogen (secondary N) is 1. The lowest BCUT2D eigenvalue weighted by Gasteiger charge is -2.15. The molecule has 0 aliphatic heterocycles. The number of hydrogen-bond donors (Lipinski definition) is 3. The van der Waals surface area contributed by atoms with Gasteiger partial charge in [-0.3, -0.25) is 4.79 Å². The van der Waals surface area contributed by atoms with Gasteiger partial charge in [0.2, 0.25) is 0 Å². The van der Waals surface area contributed by atoms with E-state index < -0.39 is 11.9 Å². The largest absolute Gasteiger partial charge is 0.508 e. The smallest absolute Gasteiger partial charge is 0.335 e. The zero-order chi connectivity index (χ0) is 25.4. The third-order valence-electron chi connectivity index (χ3n) is 4.69. The minimum Gasteiger partial charge on any atom is -0.508 e. The van der Waals surface area contributed by atoms with Gasteiger partial charge >= 0.3 is 5.97 Å². The van der Waals surface area contributed by atoms with Crippen LogP contribution in [-0.4, -0.2) is 28.7 Å². The zero-order valence-electron chi connectivity index (χ0n) is 18.6. The van der Waals surface area contributed by atoms with Crippen LogP contribution in [-0.2, 0) is 11.4 Å². The van der Waals surface area contributed by atoms with Gasteiger partial charge < -0.3 is 25.0 Å². The summed E-state index contributed by atoms with van der Waals surface area (Å²) in [6, 6.07) is 17.1. The Morgan fingerprint density at radius 3 is 2.51 bits per heavy atom. The van der Waals surface area contributed by atoms with Crippen molar-refractivity contribution in [1.82, 2.24) is 0 Å². The summed E-state index contributed by atoms with van der Waals surface area (Å²) in [7, 11) is 0. The second kappa shape index (κ2) is 11.6. The molecule has 0 spiro atoms. The molecule has 0 radical (unpaired) electrons. The van der Waals surface area contributed by atoms with Crippen LogP contribution in [0.15, 0.2) is 66.2 Å². The van der Waals surface area contributed by atoms with Crippen LogP contribution in [0.5, 0.6) is 17.2 Å². The van der Waals surface area contributed by atoms with Crippen molar-refractivity contribution in [2.24, 2.45) is 0 Å². The number of aromatic hydroxyl groups is 1. The summed E-state index contributed by atoms with van der Waals surface area (Å²) in [4.78, 5) is 23.7. The van der Waals surface area contributed by atoms with Crippen LogP contribution in [0.1, 0.15) is 28.4 Å². The number of aromatic carboxylic acids is 1. The predicted octanol–water partition coefficient (Wildman–Crippen LogP) is 5.27. The van der Waals surface area contributed by atoms with E-state index in [0.29, 0.717) is 29.2 Å². The summed E-state index contributed by atoms with van der Waals surface area (Å²) < 4.78 is 11.5. The Morgan fingerprint density at radius 1 is 1.11 bits per heavy atom. The molecule has 1 amide bonds. The van der Waals surface area contributed by atoms with Gasteiger partial charge in [0.15, 0.2) is 11.5 Å². The maximum Gasteiger partial charge on any atom is 0.335 e. The minimum atomic E-state index is -1.04. The van der Waals surface area contributed by atoms with Crippen molar-refractivity contribution in [1.29, 1.82) is 5.26 Å². The van der Waals surface area contributed by atoms with E-state index in [2.05, 4.69) is 5.32 Å². The van der Waals surface area contributed by atoms with Crippen LogP contribution >= 0.6 is 11.6 Å². The van der Waals surface area contributed by atoms with E-state index in [-0.39, 0.29) is 34.3 Å². The van der Waals surface area contributed by atoms with Crippen molar-refractivity contribution in [3.05, 3.63) is 87.9 Å². The molecule has 0 bridgehead atoms. The van der Waals surface area contributed by atoms with Crippen molar-refractivity contribution in [3.63, 3.8) is 0 Å². The van der Waals surface area contributed by atoms with E-state index in [1.807, 2.05) is 6.07 Å². The number of phenols is 1. The molecule has 3 aromatic rings. The summed E-state index contributed by atoms with van der Waals surface area (Å²) in [6.07, 6.45) is 1.37. The van der Waals surface area contributed by atoms with E-state index in [0.717, 1.165) is 0 Å². The Labute approximate surface area is 206 Å². The van der Waals surface area contributed by atoms with Crippen molar-refractivity contribution in [3.8, 4) is 23.3 Å². The Morgan fingerprint density at radius 2 is 1.86 bits per heavy atom. The van der Waals surface area contributed by atoms with Crippen LogP contribution < -0.4 is 14.8 Å². The highest BCUT2D eigenvalue weighted by Gasteiger charge is 2.15. The average molecular weight is 493 g/mol. The molecule has 0 aliphatic rings. The monoisotopic (exact) mass is 492 g/mol. The van der Waals surface area contributed by atoms with Crippen LogP contribution in [0.2, 0.25) is 5.02 Å². The molecule has 3 N–H and O–H groups in total. The number of nitrogens with zero attached hydrogens (tertiary/aromatic N) is 1. The Bertz CT molecular complexity index is 1310. The van der Waals surface area contributed by atoms with E-state index in [4.69, 9.17) is 26.2 Å². The summed E-state index contributed by atoms with van der Waals surface area (Å²) in [5.74, 6) is -1.07. The molecule has 8 nitrogen and oxygen atoms in total. The highest BCUT2D eigenvalue weighted by Crippen LogP contribution is 2.38. The number of rotatable bonds is 9. The number of phenolic OH excluding ortho intramolecular Hbond substituents is 1. The predicted molar refractivity (Wildman–Crippen MR) is 131 cm³/mol. The zero-order valence-corrected chi connectivity index (χ0v) is 19.4. The van der Waals surface area contributed by atoms with E-state index in [1.54, 1.807) is 25.1 Å². The number of halogens is 1. The lowest BCUT2D eigenvalue weighted by Crippen LogP contribution is -2.13. The van der Waals surface area contributed by atoms with Gasteiger partial charge in [0, 0.05) is 5.69 Å². The number of carboxylic acids is 1. The Kier molecular flexibility index (Phi) is 8.33. The highest BCUT2D eigenvalue weighted by molar-refractivity contribution is 6.32.